The number of unbranched alkanes of at least 4 members (excludes halogenated alkanes) is 3. The minimum Gasteiger partial charge on any atom is -0.466 e. The van der Waals surface area contributed by atoms with E-state index in [-0.39, 0.29) is 6.61 Å². The lowest BCUT2D eigenvalue weighted by atomic mass is 10.2. The molecule has 0 saturated carbocycles. The van der Waals surface area contributed by atoms with Crippen LogP contribution in [0.5, 0.6) is 0 Å². The van der Waals surface area contributed by atoms with Crippen molar-refractivity contribution in [3.63, 3.8) is 0 Å². The monoisotopic (exact) mass is 147 g/mol. The second kappa shape index (κ2) is 6.59. The van der Waals surface area contributed by atoms with Gasteiger partial charge in [-0.2, -0.15) is 0 Å². The van der Waals surface area contributed by atoms with Crippen molar-refractivity contribution in [3.05, 3.63) is 0 Å². The average molecular weight is 147 g/mol. The molecule has 0 aromatic heterocycles. The number of carbonyl (C=O) groups is 1. The van der Waals surface area contributed by atoms with Crippen LogP contribution in [0, 0.1) is 0 Å². The van der Waals surface area contributed by atoms with Gasteiger partial charge in [-0.3, -0.25) is 4.79 Å². The van der Waals surface area contributed by atoms with Gasteiger partial charge in [0.2, 0.25) is 0 Å². The van der Waals surface area contributed by atoms with Crippen molar-refractivity contribution >= 4 is 5.97 Å². The van der Waals surface area contributed by atoms with E-state index in [2.05, 4.69) is 11.7 Å². The molecule has 0 spiro atoms. The van der Waals surface area contributed by atoms with E-state index in [1.165, 1.54) is 0 Å². The van der Waals surface area contributed by atoms with Crippen LogP contribution in [-0.2, 0) is 9.53 Å². The van der Waals surface area contributed by atoms with Crippen LogP contribution in [-0.4, -0.2) is 12.6 Å². The van der Waals surface area contributed by atoms with Crippen LogP contribution in [0.1, 0.15) is 43.6 Å². The van der Waals surface area contributed by atoms with Crippen LogP contribution in [0.3, 0.4) is 0 Å². The van der Waals surface area contributed by atoms with Crippen LogP contribution < -0.4 is 0 Å². The molecule has 60 valence electrons. The molecule has 10 heavy (non-hydrogen) atoms. The highest BCUT2D eigenvalue weighted by Crippen LogP contribution is 1.98. The summed E-state index contributed by atoms with van der Waals surface area (Å²) in [5.74, 6) is -1.09. The first kappa shape index (κ1) is 5.16. The molecule has 2 nitrogen and oxygen atoms in total. The first-order valence-electron chi connectivity index (χ1n) is 5.15. The molecular weight excluding hydrogens is 128 g/mol. The maximum Gasteiger partial charge on any atom is 0.302 e. The van der Waals surface area contributed by atoms with Gasteiger partial charge in [-0.25, -0.2) is 0 Å². The van der Waals surface area contributed by atoms with Crippen molar-refractivity contribution in [2.75, 3.05) is 6.61 Å². The quantitative estimate of drug-likeness (QED) is 0.440. The Labute approximate surface area is 66.8 Å². The second-order valence-electron chi connectivity index (χ2n) is 2.20. The van der Waals surface area contributed by atoms with E-state index in [9.17, 15) is 4.79 Å². The molecule has 0 unspecified atom stereocenters. The van der Waals surface area contributed by atoms with E-state index in [4.69, 9.17) is 4.11 Å². The predicted molar refractivity (Wildman–Crippen MR) is 40.8 cm³/mol. The highest BCUT2D eigenvalue weighted by molar-refractivity contribution is 5.65. The second-order valence-corrected chi connectivity index (χ2v) is 2.20. The van der Waals surface area contributed by atoms with Crippen LogP contribution in [0.4, 0.5) is 0 Å². The Morgan fingerprint density at radius 2 is 2.30 bits per heavy atom. The SMILES string of the molecule is [2H]C([2H])([2H])C(=O)OCCCCCC. The Bertz CT molecular complexity index is 154. The predicted octanol–water partition coefficient (Wildman–Crippen LogP) is 2.13. The maximum atomic E-state index is 10.7. The molecule has 0 atom stereocenters. The molecule has 0 aliphatic carbocycles. The lowest BCUT2D eigenvalue weighted by molar-refractivity contribution is -0.141. The van der Waals surface area contributed by atoms with Crippen molar-refractivity contribution in [3.8, 4) is 0 Å². The fourth-order valence-electron chi connectivity index (χ4n) is 0.694. The van der Waals surface area contributed by atoms with Gasteiger partial charge in [0.25, 0.3) is 0 Å². The molecule has 0 rings (SSSR count). The molecule has 0 amide bonds. The average Bonchev–Trinajstić information content (AvgIpc) is 2.02. The summed E-state index contributed by atoms with van der Waals surface area (Å²) in [7, 11) is 0. The largest absolute Gasteiger partial charge is 0.466 e. The minimum atomic E-state index is -2.61. The first-order chi connectivity index (χ1) is 5.98. The smallest absolute Gasteiger partial charge is 0.302 e. The topological polar surface area (TPSA) is 26.3 Å². The summed E-state index contributed by atoms with van der Waals surface area (Å²) in [6.45, 7) is -0.309. The summed E-state index contributed by atoms with van der Waals surface area (Å²) >= 11 is 0. The van der Waals surface area contributed by atoms with Gasteiger partial charge >= 0.3 is 5.97 Å². The number of carbonyl (C=O) groups excluding carboxylic acids is 1. The van der Waals surface area contributed by atoms with Crippen LogP contribution >= 0.6 is 0 Å². The van der Waals surface area contributed by atoms with Crippen molar-refractivity contribution < 1.29 is 13.6 Å². The van der Waals surface area contributed by atoms with Gasteiger partial charge in [0.15, 0.2) is 0 Å². The minimum absolute atomic E-state index is 0.219. The standard InChI is InChI=1S/C8H16O2/c1-3-4-5-6-7-10-8(2)9/h3-7H2,1-2H3/i2D3. The third kappa shape index (κ3) is 7.47. The lowest BCUT2D eigenvalue weighted by Crippen LogP contribution is -1.99. The van der Waals surface area contributed by atoms with Gasteiger partial charge in [-0.05, 0) is 6.42 Å². The van der Waals surface area contributed by atoms with Crippen molar-refractivity contribution in [1.29, 1.82) is 0 Å². The molecule has 0 aromatic carbocycles. The fraction of sp³-hybridized carbons (Fsp3) is 0.875. The highest BCUT2D eigenvalue weighted by Gasteiger charge is 1.91. The van der Waals surface area contributed by atoms with E-state index >= 15 is 0 Å². The van der Waals surface area contributed by atoms with Crippen LogP contribution in [0.15, 0.2) is 0 Å². The number of rotatable bonds is 5. The summed E-state index contributed by atoms with van der Waals surface area (Å²) in [4.78, 5) is 10.7. The molecule has 0 bridgehead atoms. The van der Waals surface area contributed by atoms with Crippen LogP contribution in [0.25, 0.3) is 0 Å². The molecule has 0 heterocycles. The molecule has 0 N–H and O–H groups in total. The normalized spacial score (nSPS) is 15.1. The maximum absolute atomic E-state index is 10.7. The number of hydrogen-bond donors (Lipinski definition) is 0. The summed E-state index contributed by atoms with van der Waals surface area (Å²) in [6.07, 6.45) is 3.92. The zero-order valence-corrected chi connectivity index (χ0v) is 6.35. The molecule has 0 saturated heterocycles. The molecule has 0 aromatic rings. The highest BCUT2D eigenvalue weighted by atomic mass is 16.5. The Morgan fingerprint density at radius 1 is 1.50 bits per heavy atom. The first-order valence-corrected chi connectivity index (χ1v) is 3.65. The summed E-state index contributed by atoms with van der Waals surface area (Å²) in [5, 5.41) is 0. The Balaban J connectivity index is 3.38. The van der Waals surface area contributed by atoms with Gasteiger partial charge in [-0.15, -0.1) is 0 Å². The summed E-state index contributed by atoms with van der Waals surface area (Å²) in [6, 6.07) is 0. The van der Waals surface area contributed by atoms with Crippen LogP contribution in [0.2, 0.25) is 0 Å². The fourth-order valence-corrected chi connectivity index (χ4v) is 0.694. The van der Waals surface area contributed by atoms with E-state index in [1.807, 2.05) is 0 Å². The molecule has 0 aliphatic rings. The molecular formula is C8H16O2. The Kier molecular flexibility index (Phi) is 3.40. The van der Waals surface area contributed by atoms with E-state index in [0.717, 1.165) is 25.7 Å². The van der Waals surface area contributed by atoms with E-state index in [0.29, 0.717) is 0 Å². The van der Waals surface area contributed by atoms with Crippen molar-refractivity contribution in [1.82, 2.24) is 0 Å². The van der Waals surface area contributed by atoms with E-state index in [1.54, 1.807) is 0 Å². The van der Waals surface area contributed by atoms with Gasteiger partial charge in [0, 0.05) is 11.0 Å². The number of esters is 1. The van der Waals surface area contributed by atoms with E-state index < -0.39 is 12.8 Å². The third-order valence-corrected chi connectivity index (χ3v) is 1.23. The van der Waals surface area contributed by atoms with Crippen molar-refractivity contribution in [2.24, 2.45) is 0 Å². The lowest BCUT2D eigenvalue weighted by Gasteiger charge is -1.99. The van der Waals surface area contributed by atoms with Gasteiger partial charge in [0.1, 0.15) is 0 Å². The molecule has 0 radical (unpaired) electrons. The molecule has 0 aliphatic heterocycles. The van der Waals surface area contributed by atoms with Gasteiger partial charge in [-0.1, -0.05) is 26.2 Å². The zero-order valence-electron chi connectivity index (χ0n) is 9.35. The Morgan fingerprint density at radius 3 is 2.90 bits per heavy atom. The zero-order chi connectivity index (χ0) is 10.3. The van der Waals surface area contributed by atoms with Crippen molar-refractivity contribution in [2.45, 2.75) is 39.5 Å². The summed E-state index contributed by atoms with van der Waals surface area (Å²) < 4.78 is 24.7. The summed E-state index contributed by atoms with van der Waals surface area (Å²) in [5.41, 5.74) is 0. The third-order valence-electron chi connectivity index (χ3n) is 1.23. The number of ether oxygens (including phenoxy) is 1. The van der Waals surface area contributed by atoms with Gasteiger partial charge in [0.05, 0.1) is 6.61 Å². The molecule has 0 fully saturated rings. The Hall–Kier alpha value is -0.530. The number of hydrogen-bond acceptors (Lipinski definition) is 2. The molecule has 2 heteroatoms. The van der Waals surface area contributed by atoms with Gasteiger partial charge < -0.3 is 4.74 Å².